The fourth-order valence-electron chi connectivity index (χ4n) is 5.51. The Kier molecular flexibility index (Phi) is 5.97. The predicted octanol–water partition coefficient (Wildman–Crippen LogP) is 4.80. The third-order valence-corrected chi connectivity index (χ3v) is 7.67. The van der Waals surface area contributed by atoms with Gasteiger partial charge in [0.2, 0.25) is 5.88 Å². The Morgan fingerprint density at radius 2 is 1.81 bits per heavy atom. The molecule has 2 saturated heterocycles. The molecule has 1 amide bonds. The van der Waals surface area contributed by atoms with Crippen LogP contribution in [0.25, 0.3) is 16.9 Å². The van der Waals surface area contributed by atoms with Gasteiger partial charge in [0.05, 0.1) is 18.5 Å². The smallest absolute Gasteiger partial charge is 0.276 e. The summed E-state index contributed by atoms with van der Waals surface area (Å²) >= 11 is 3.52. The van der Waals surface area contributed by atoms with Crippen molar-refractivity contribution < 1.29 is 13.9 Å². The number of ether oxygens (including phenoxy) is 1. The minimum absolute atomic E-state index is 0.0129. The van der Waals surface area contributed by atoms with E-state index in [1.54, 1.807) is 0 Å². The summed E-state index contributed by atoms with van der Waals surface area (Å²) < 4.78 is 22.8. The van der Waals surface area contributed by atoms with E-state index in [0.717, 1.165) is 39.9 Å². The number of rotatable bonds is 5. The third-order valence-electron chi connectivity index (χ3n) is 7.14. The summed E-state index contributed by atoms with van der Waals surface area (Å²) in [7, 11) is 1.46. The monoisotopic (exact) mass is 549 g/mol. The van der Waals surface area contributed by atoms with Crippen molar-refractivity contribution >= 4 is 27.5 Å². The lowest BCUT2D eigenvalue weighted by atomic mass is 10.1. The van der Waals surface area contributed by atoms with Crippen molar-refractivity contribution in [2.75, 3.05) is 20.2 Å². The van der Waals surface area contributed by atoms with Crippen LogP contribution < -0.4 is 4.74 Å². The number of carbonyl (C=O) groups excluding carboxylic acids is 1. The maximum absolute atomic E-state index is 14.5. The highest BCUT2D eigenvalue weighted by molar-refractivity contribution is 9.10. The molecule has 184 valence electrons. The zero-order valence-corrected chi connectivity index (χ0v) is 21.4. The molecule has 2 aliphatic heterocycles. The first-order valence-corrected chi connectivity index (χ1v) is 12.8. The van der Waals surface area contributed by atoms with E-state index in [2.05, 4.69) is 42.3 Å². The highest BCUT2D eigenvalue weighted by Gasteiger charge is 2.44. The van der Waals surface area contributed by atoms with Gasteiger partial charge in [0.25, 0.3) is 5.91 Å². The highest BCUT2D eigenvalue weighted by Crippen LogP contribution is 2.34. The van der Waals surface area contributed by atoms with Crippen LogP contribution in [0.4, 0.5) is 4.39 Å². The molecule has 7 nitrogen and oxygen atoms in total. The molecule has 2 bridgehead atoms. The number of halogens is 2. The van der Waals surface area contributed by atoms with Gasteiger partial charge in [-0.2, -0.15) is 0 Å². The van der Waals surface area contributed by atoms with Crippen LogP contribution in [0.5, 0.6) is 5.88 Å². The van der Waals surface area contributed by atoms with Gasteiger partial charge in [0, 0.05) is 54.0 Å². The molecule has 5 heterocycles. The quantitative estimate of drug-likeness (QED) is 0.358. The lowest BCUT2D eigenvalue weighted by Crippen LogP contribution is -2.55. The standard InChI is InChI=1S/C27H25BrFN5O2/c1-36-24-12-11-21(29)26(31-24)27(35)34-19-9-10-20(34)15-32(14-19)16-22-25(17-5-7-18(28)8-6-17)30-23-4-2-3-13-33(22)23/h2-8,11-13,19-20H,9-10,14-16H2,1H3. The number of carbonyl (C=O) groups is 1. The Bertz CT molecular complexity index is 1430. The summed E-state index contributed by atoms with van der Waals surface area (Å²) in [5, 5.41) is 0. The van der Waals surface area contributed by atoms with Crippen LogP contribution in [-0.4, -0.2) is 62.4 Å². The van der Waals surface area contributed by atoms with Crippen LogP contribution in [0.1, 0.15) is 29.0 Å². The van der Waals surface area contributed by atoms with E-state index in [-0.39, 0.29) is 29.6 Å². The lowest BCUT2D eigenvalue weighted by Gasteiger charge is -2.41. The Balaban J connectivity index is 1.27. The molecular weight excluding hydrogens is 525 g/mol. The summed E-state index contributed by atoms with van der Waals surface area (Å²) in [5.41, 5.74) is 3.88. The number of likely N-dealkylation sites (tertiary alicyclic amines) is 1. The molecule has 0 spiro atoms. The summed E-state index contributed by atoms with van der Waals surface area (Å²) in [4.78, 5) is 26.6. The summed E-state index contributed by atoms with van der Waals surface area (Å²) in [6, 6.07) is 16.9. The summed E-state index contributed by atoms with van der Waals surface area (Å²) in [6.45, 7) is 2.14. The zero-order chi connectivity index (χ0) is 24.8. The van der Waals surface area contributed by atoms with Crippen molar-refractivity contribution in [2.45, 2.75) is 31.5 Å². The van der Waals surface area contributed by atoms with Gasteiger partial charge in [-0.1, -0.05) is 34.1 Å². The maximum Gasteiger partial charge on any atom is 0.276 e. The lowest BCUT2D eigenvalue weighted by molar-refractivity contribution is 0.0392. The minimum atomic E-state index is -0.618. The summed E-state index contributed by atoms with van der Waals surface area (Å²) in [5.74, 6) is -0.741. The molecule has 3 aromatic heterocycles. The average molecular weight is 550 g/mol. The molecule has 2 atom stereocenters. The number of nitrogens with zero attached hydrogens (tertiary/aromatic N) is 5. The third kappa shape index (κ3) is 4.06. The Labute approximate surface area is 216 Å². The number of imidazole rings is 1. The molecule has 4 aromatic rings. The number of hydrogen-bond acceptors (Lipinski definition) is 5. The Morgan fingerprint density at radius 1 is 1.06 bits per heavy atom. The second-order valence-corrected chi connectivity index (χ2v) is 10.2. The fraction of sp³-hybridized carbons (Fsp3) is 0.296. The molecule has 6 rings (SSSR count). The van der Waals surface area contributed by atoms with Crippen molar-refractivity contribution in [1.82, 2.24) is 24.2 Å². The first-order chi connectivity index (χ1) is 17.5. The molecular formula is C27H25BrFN5O2. The van der Waals surface area contributed by atoms with Gasteiger partial charge in [-0.05, 0) is 43.2 Å². The van der Waals surface area contributed by atoms with Gasteiger partial charge in [0.15, 0.2) is 11.5 Å². The predicted molar refractivity (Wildman–Crippen MR) is 137 cm³/mol. The van der Waals surface area contributed by atoms with Crippen molar-refractivity contribution in [2.24, 2.45) is 0 Å². The van der Waals surface area contributed by atoms with Gasteiger partial charge in [-0.15, -0.1) is 0 Å². The molecule has 0 N–H and O–H groups in total. The molecule has 2 fully saturated rings. The van der Waals surface area contributed by atoms with E-state index >= 15 is 0 Å². The SMILES string of the molecule is COc1ccc(F)c(C(=O)N2C3CCC2CN(Cc2c(-c4ccc(Br)cc4)nc4ccccn24)C3)n1. The van der Waals surface area contributed by atoms with Gasteiger partial charge < -0.3 is 14.0 Å². The molecule has 1 aromatic carbocycles. The van der Waals surface area contributed by atoms with Gasteiger partial charge in [-0.3, -0.25) is 9.69 Å². The van der Waals surface area contributed by atoms with Gasteiger partial charge in [-0.25, -0.2) is 14.4 Å². The van der Waals surface area contributed by atoms with Gasteiger partial charge in [0.1, 0.15) is 5.65 Å². The fourth-order valence-corrected chi connectivity index (χ4v) is 5.77. The van der Waals surface area contributed by atoms with Crippen molar-refractivity contribution in [1.29, 1.82) is 0 Å². The molecule has 2 unspecified atom stereocenters. The number of benzene rings is 1. The van der Waals surface area contributed by atoms with E-state index in [9.17, 15) is 9.18 Å². The van der Waals surface area contributed by atoms with Crippen LogP contribution in [-0.2, 0) is 6.54 Å². The van der Waals surface area contributed by atoms with Crippen LogP contribution >= 0.6 is 15.9 Å². The number of hydrogen-bond donors (Lipinski definition) is 0. The second kappa shape index (κ2) is 9.29. The normalized spacial score (nSPS) is 19.7. The second-order valence-electron chi connectivity index (χ2n) is 9.32. The van der Waals surface area contributed by atoms with E-state index in [1.165, 1.54) is 19.2 Å². The highest BCUT2D eigenvalue weighted by atomic mass is 79.9. The topological polar surface area (TPSA) is 63.0 Å². The molecule has 2 aliphatic rings. The number of piperazine rings is 1. The van der Waals surface area contributed by atoms with Crippen molar-refractivity contribution in [3.8, 4) is 17.1 Å². The number of methoxy groups -OCH3 is 1. The molecule has 0 aliphatic carbocycles. The first-order valence-electron chi connectivity index (χ1n) is 12.0. The Hall–Kier alpha value is -3.30. The van der Waals surface area contributed by atoms with E-state index in [0.29, 0.717) is 19.6 Å². The van der Waals surface area contributed by atoms with Crippen molar-refractivity contribution in [3.05, 3.63) is 82.5 Å². The first kappa shape index (κ1) is 23.1. The van der Waals surface area contributed by atoms with E-state index in [4.69, 9.17) is 9.72 Å². The molecule has 0 radical (unpaired) electrons. The summed E-state index contributed by atoms with van der Waals surface area (Å²) in [6.07, 6.45) is 3.84. The van der Waals surface area contributed by atoms with Crippen LogP contribution in [0.2, 0.25) is 0 Å². The van der Waals surface area contributed by atoms with Crippen molar-refractivity contribution in [3.63, 3.8) is 0 Å². The van der Waals surface area contributed by atoms with E-state index in [1.807, 2.05) is 41.4 Å². The largest absolute Gasteiger partial charge is 0.481 e. The average Bonchev–Trinajstić information content (AvgIpc) is 3.38. The number of fused-ring (bicyclic) bond motifs is 3. The zero-order valence-electron chi connectivity index (χ0n) is 19.8. The van der Waals surface area contributed by atoms with Gasteiger partial charge >= 0.3 is 0 Å². The van der Waals surface area contributed by atoms with E-state index < -0.39 is 5.82 Å². The number of aromatic nitrogens is 3. The maximum atomic E-state index is 14.5. The Morgan fingerprint density at radius 3 is 2.53 bits per heavy atom. The molecule has 0 saturated carbocycles. The van der Waals surface area contributed by atoms with Crippen LogP contribution in [0, 0.1) is 5.82 Å². The minimum Gasteiger partial charge on any atom is -0.481 e. The molecule has 9 heteroatoms. The molecule has 36 heavy (non-hydrogen) atoms. The van der Waals surface area contributed by atoms with Crippen LogP contribution in [0.15, 0.2) is 65.3 Å². The van der Waals surface area contributed by atoms with Crippen LogP contribution in [0.3, 0.4) is 0 Å². The number of pyridine rings is 2. The number of amides is 1.